The van der Waals surface area contributed by atoms with Gasteiger partial charge in [-0.15, -0.1) is 11.3 Å². The fraction of sp³-hybridized carbons (Fsp3) is 0.583. The smallest absolute Gasteiger partial charge is 0.271 e. The summed E-state index contributed by atoms with van der Waals surface area (Å²) in [6, 6.07) is 0.0721. The average Bonchev–Trinajstić information content (AvgIpc) is 2.66. The number of amides is 1. The number of nitrogens with one attached hydrogen (secondary N) is 1. The van der Waals surface area contributed by atoms with Gasteiger partial charge in [-0.05, 0) is 24.8 Å². The molecule has 0 saturated heterocycles. The molecule has 1 unspecified atom stereocenters. The Hall–Kier alpha value is -0.590. The predicted molar refractivity (Wildman–Crippen MR) is 78.5 cm³/mol. The molecule has 1 heterocycles. The van der Waals surface area contributed by atoms with Crippen LogP contribution in [0.5, 0.6) is 0 Å². The van der Waals surface area contributed by atoms with Crippen molar-refractivity contribution in [2.24, 2.45) is 5.92 Å². The van der Waals surface area contributed by atoms with Crippen LogP contribution >= 0.6 is 22.0 Å². The van der Waals surface area contributed by atoms with E-state index in [1.807, 2.05) is 20.8 Å². The molecule has 19 heavy (non-hydrogen) atoms. The summed E-state index contributed by atoms with van der Waals surface area (Å²) in [6.07, 6.45) is 0.827. The first kappa shape index (κ1) is 16.5. The molecule has 1 aromatic heterocycles. The highest BCUT2D eigenvalue weighted by Crippen LogP contribution is 2.29. The first-order valence-electron chi connectivity index (χ1n) is 6.02. The second kappa shape index (κ2) is 6.24. The van der Waals surface area contributed by atoms with E-state index < -0.39 is 9.05 Å². The molecular formula is C12H18ClNO3S2. The van der Waals surface area contributed by atoms with Gasteiger partial charge >= 0.3 is 0 Å². The molecule has 1 atom stereocenters. The summed E-state index contributed by atoms with van der Waals surface area (Å²) in [7, 11) is 1.53. The van der Waals surface area contributed by atoms with Crippen LogP contribution in [-0.4, -0.2) is 20.4 Å². The maximum Gasteiger partial charge on any atom is 0.271 e. The molecule has 0 bridgehead atoms. The van der Waals surface area contributed by atoms with E-state index in [9.17, 15) is 13.2 Å². The fourth-order valence-corrected chi connectivity index (χ4v) is 4.40. The van der Waals surface area contributed by atoms with Gasteiger partial charge in [0.2, 0.25) is 0 Å². The van der Waals surface area contributed by atoms with Crippen molar-refractivity contribution in [3.05, 3.63) is 16.5 Å². The topological polar surface area (TPSA) is 63.2 Å². The van der Waals surface area contributed by atoms with E-state index in [4.69, 9.17) is 10.7 Å². The maximum atomic E-state index is 12.1. The number of hydrogen-bond acceptors (Lipinski definition) is 4. The van der Waals surface area contributed by atoms with Gasteiger partial charge in [0.1, 0.15) is 4.21 Å². The van der Waals surface area contributed by atoms with Gasteiger partial charge in [-0.3, -0.25) is 4.79 Å². The van der Waals surface area contributed by atoms with Gasteiger partial charge in [-0.25, -0.2) is 8.42 Å². The summed E-state index contributed by atoms with van der Waals surface area (Å²) in [5.41, 5.74) is 0.791. The van der Waals surface area contributed by atoms with Crippen molar-refractivity contribution in [3.8, 4) is 0 Å². The predicted octanol–water partition coefficient (Wildman–Crippen LogP) is 3.15. The molecule has 7 heteroatoms. The summed E-state index contributed by atoms with van der Waals surface area (Å²) in [5, 5.41) is 4.45. The van der Waals surface area contributed by atoms with Crippen LogP contribution in [0.2, 0.25) is 0 Å². The van der Waals surface area contributed by atoms with E-state index in [-0.39, 0.29) is 16.2 Å². The van der Waals surface area contributed by atoms with Crippen LogP contribution in [0.4, 0.5) is 0 Å². The molecule has 0 fully saturated rings. The van der Waals surface area contributed by atoms with Crippen LogP contribution in [0.1, 0.15) is 43.1 Å². The fourth-order valence-electron chi connectivity index (χ4n) is 1.85. The Morgan fingerprint density at radius 1 is 1.47 bits per heavy atom. The molecule has 0 saturated carbocycles. The monoisotopic (exact) mass is 323 g/mol. The molecule has 4 nitrogen and oxygen atoms in total. The van der Waals surface area contributed by atoms with E-state index >= 15 is 0 Å². The highest BCUT2D eigenvalue weighted by molar-refractivity contribution is 8.15. The van der Waals surface area contributed by atoms with Crippen molar-refractivity contribution in [3.63, 3.8) is 0 Å². The van der Waals surface area contributed by atoms with Gasteiger partial charge in [0.15, 0.2) is 0 Å². The molecule has 108 valence electrons. The molecule has 1 N–H and O–H groups in total. The van der Waals surface area contributed by atoms with Crippen molar-refractivity contribution < 1.29 is 13.2 Å². The Labute approximate surface area is 122 Å². The Bertz CT molecular complexity index is 564. The van der Waals surface area contributed by atoms with Crippen LogP contribution < -0.4 is 5.32 Å². The minimum Gasteiger partial charge on any atom is -0.349 e. The second-order valence-corrected chi connectivity index (χ2v) is 8.37. The molecular weight excluding hydrogens is 306 g/mol. The highest BCUT2D eigenvalue weighted by atomic mass is 35.7. The molecule has 0 aliphatic heterocycles. The van der Waals surface area contributed by atoms with Crippen LogP contribution in [-0.2, 0) is 9.05 Å². The molecule has 0 aliphatic carbocycles. The minimum atomic E-state index is -3.79. The average molecular weight is 324 g/mol. The van der Waals surface area contributed by atoms with Crippen molar-refractivity contribution in [1.29, 1.82) is 0 Å². The summed E-state index contributed by atoms with van der Waals surface area (Å²) < 4.78 is 22.7. The third-order valence-corrected chi connectivity index (χ3v) is 6.33. The Kier molecular flexibility index (Phi) is 5.41. The summed E-state index contributed by atoms with van der Waals surface area (Å²) in [6.45, 7) is 7.66. The normalized spacial score (nSPS) is 13.6. The van der Waals surface area contributed by atoms with Crippen LogP contribution in [0.15, 0.2) is 9.59 Å². The Balaban J connectivity index is 2.99. The second-order valence-electron chi connectivity index (χ2n) is 4.73. The third kappa shape index (κ3) is 3.94. The van der Waals surface area contributed by atoms with Gasteiger partial charge in [-0.1, -0.05) is 20.8 Å². The first-order chi connectivity index (χ1) is 8.68. The van der Waals surface area contributed by atoms with Crippen LogP contribution in [0, 0.1) is 12.8 Å². The lowest BCUT2D eigenvalue weighted by Crippen LogP contribution is -2.38. The number of thiophene rings is 1. The van der Waals surface area contributed by atoms with Crippen molar-refractivity contribution >= 4 is 37.0 Å². The van der Waals surface area contributed by atoms with Gasteiger partial charge < -0.3 is 5.32 Å². The lowest BCUT2D eigenvalue weighted by Gasteiger charge is -2.20. The number of hydrogen-bond donors (Lipinski definition) is 1. The Morgan fingerprint density at radius 3 is 2.42 bits per heavy atom. The number of carbonyl (C=O) groups is 1. The SMILES string of the molecule is CCC(NC(=O)c1csc(S(=O)(=O)Cl)c1C)C(C)C. The van der Waals surface area contributed by atoms with E-state index in [0.29, 0.717) is 17.0 Å². The third-order valence-electron chi connectivity index (χ3n) is 3.02. The minimum absolute atomic E-state index is 0.0388. The first-order valence-corrected chi connectivity index (χ1v) is 9.21. The van der Waals surface area contributed by atoms with E-state index in [0.717, 1.165) is 17.8 Å². The van der Waals surface area contributed by atoms with Crippen molar-refractivity contribution in [1.82, 2.24) is 5.32 Å². The zero-order valence-corrected chi connectivity index (χ0v) is 13.7. The summed E-state index contributed by atoms with van der Waals surface area (Å²) in [5.74, 6) is 0.0741. The van der Waals surface area contributed by atoms with Gasteiger partial charge in [-0.2, -0.15) is 0 Å². The summed E-state index contributed by atoms with van der Waals surface area (Å²) in [4.78, 5) is 12.1. The molecule has 1 aromatic rings. The highest BCUT2D eigenvalue weighted by Gasteiger charge is 2.23. The Morgan fingerprint density at radius 2 is 2.05 bits per heavy atom. The molecule has 0 aliphatic rings. The van der Waals surface area contributed by atoms with E-state index in [2.05, 4.69) is 5.32 Å². The van der Waals surface area contributed by atoms with Crippen LogP contribution in [0.25, 0.3) is 0 Å². The molecule has 0 radical (unpaired) electrons. The number of halogens is 1. The lowest BCUT2D eigenvalue weighted by atomic mass is 10.0. The van der Waals surface area contributed by atoms with E-state index in [1.165, 1.54) is 5.38 Å². The van der Waals surface area contributed by atoms with Crippen molar-refractivity contribution in [2.75, 3.05) is 0 Å². The number of carbonyl (C=O) groups excluding carboxylic acids is 1. The van der Waals surface area contributed by atoms with Gasteiger partial charge in [0.25, 0.3) is 15.0 Å². The van der Waals surface area contributed by atoms with Gasteiger partial charge in [0, 0.05) is 22.1 Å². The maximum absolute atomic E-state index is 12.1. The number of rotatable bonds is 5. The molecule has 0 spiro atoms. The standard InChI is InChI=1S/C12H18ClNO3S2/c1-5-10(7(2)3)14-11(15)9-6-18-12(8(9)4)19(13,16)17/h6-7,10H,5H2,1-4H3,(H,14,15). The largest absolute Gasteiger partial charge is 0.349 e. The van der Waals surface area contributed by atoms with Crippen molar-refractivity contribution in [2.45, 2.75) is 44.4 Å². The quantitative estimate of drug-likeness (QED) is 0.847. The molecule has 1 rings (SSSR count). The van der Waals surface area contributed by atoms with Crippen LogP contribution in [0.3, 0.4) is 0 Å². The van der Waals surface area contributed by atoms with Gasteiger partial charge in [0.05, 0.1) is 5.56 Å². The van der Waals surface area contributed by atoms with E-state index in [1.54, 1.807) is 6.92 Å². The lowest BCUT2D eigenvalue weighted by molar-refractivity contribution is 0.0924. The zero-order valence-electron chi connectivity index (χ0n) is 11.4. The molecule has 1 amide bonds. The molecule has 0 aromatic carbocycles. The summed E-state index contributed by atoms with van der Waals surface area (Å²) >= 11 is 0.974. The zero-order chi connectivity index (χ0) is 14.8.